The first kappa shape index (κ1) is 23.1. The molecule has 0 fully saturated rings. The van der Waals surface area contributed by atoms with Crippen molar-refractivity contribution in [3.05, 3.63) is 95.8 Å². The Kier molecular flexibility index (Phi) is 8.14. The van der Waals surface area contributed by atoms with Crippen LogP contribution in [0.1, 0.15) is 23.7 Å². The number of nitrogens with zero attached hydrogens (tertiary/aromatic N) is 2. The number of aryl methyl sites for hydroxylation is 2. The third-order valence-electron chi connectivity index (χ3n) is 4.57. The molecule has 3 aromatic carbocycles. The van der Waals surface area contributed by atoms with Gasteiger partial charge in [0.15, 0.2) is 0 Å². The molecule has 0 N–H and O–H groups in total. The smallest absolute Gasteiger partial charge is 0.873 e. The zero-order chi connectivity index (χ0) is 20.8. The van der Waals surface area contributed by atoms with Crippen molar-refractivity contribution in [1.29, 1.82) is 0 Å². The molecule has 4 rings (SSSR count). The third-order valence-corrected chi connectivity index (χ3v) is 4.57. The quantitative estimate of drug-likeness (QED) is 0.331. The molecular formula is C25H22N2NiO2. The van der Waals surface area contributed by atoms with Gasteiger partial charge in [0.1, 0.15) is 0 Å². The third kappa shape index (κ3) is 5.68. The van der Waals surface area contributed by atoms with Gasteiger partial charge in [-0.3, -0.25) is 9.98 Å². The van der Waals surface area contributed by atoms with E-state index in [0.29, 0.717) is 0 Å². The molecule has 0 spiro atoms. The average molecular weight is 441 g/mol. The van der Waals surface area contributed by atoms with Crippen LogP contribution in [0.15, 0.2) is 84.0 Å². The summed E-state index contributed by atoms with van der Waals surface area (Å²) in [7, 11) is 0. The summed E-state index contributed by atoms with van der Waals surface area (Å²) in [5, 5.41) is 23.5. The van der Waals surface area contributed by atoms with E-state index in [1.807, 2.05) is 49.4 Å². The van der Waals surface area contributed by atoms with E-state index in [1.54, 1.807) is 6.20 Å². The second-order valence-electron chi connectivity index (χ2n) is 6.80. The Morgan fingerprint density at radius 1 is 0.767 bits per heavy atom. The number of pyridine rings is 1. The molecule has 0 aliphatic carbocycles. The van der Waals surface area contributed by atoms with Gasteiger partial charge in [-0.2, -0.15) is 0 Å². The molecule has 4 nitrogen and oxygen atoms in total. The SMILES string of the molecule is CC(=Nc1c(C)cccc1C)c1ccccn1.[Ni+2].[O-]c1cc2ccccc2cc1[O-]. The Labute approximate surface area is 186 Å². The summed E-state index contributed by atoms with van der Waals surface area (Å²) in [6.07, 6.45) is 1.79. The predicted octanol–water partition coefficient (Wildman–Crippen LogP) is 4.82. The monoisotopic (exact) mass is 440 g/mol. The maximum atomic E-state index is 10.9. The molecule has 1 aromatic heterocycles. The molecule has 4 aromatic rings. The van der Waals surface area contributed by atoms with Crippen molar-refractivity contribution in [2.24, 2.45) is 4.99 Å². The topological polar surface area (TPSA) is 71.4 Å². The molecule has 0 atom stereocenters. The van der Waals surface area contributed by atoms with Crippen molar-refractivity contribution in [2.45, 2.75) is 20.8 Å². The summed E-state index contributed by atoms with van der Waals surface area (Å²) in [6.45, 7) is 6.16. The van der Waals surface area contributed by atoms with Crippen molar-refractivity contribution in [2.75, 3.05) is 0 Å². The Bertz CT molecular complexity index is 1100. The first-order valence-corrected chi connectivity index (χ1v) is 9.35. The van der Waals surface area contributed by atoms with Gasteiger partial charge in [-0.1, -0.05) is 60.7 Å². The van der Waals surface area contributed by atoms with Crippen molar-refractivity contribution in [1.82, 2.24) is 4.98 Å². The van der Waals surface area contributed by atoms with Gasteiger partial charge < -0.3 is 10.2 Å². The fraction of sp³-hybridized carbons (Fsp3) is 0.120. The molecular weight excluding hydrogens is 419 g/mol. The van der Waals surface area contributed by atoms with Gasteiger partial charge in [0, 0.05) is 6.20 Å². The standard InChI is InChI=1S/C15H16N2.C10H8O2.Ni/c1-11-7-6-8-12(2)15(11)17-13(3)14-9-4-5-10-16-14;11-9-5-7-3-1-2-4-8(7)6-10(9)12;/h4-10H,1-3H3;1-6,11-12H;/q;;+2/p-2. The average Bonchev–Trinajstić information content (AvgIpc) is 2.73. The molecule has 5 heteroatoms. The van der Waals surface area contributed by atoms with Crippen LogP contribution in [0.4, 0.5) is 5.69 Å². The summed E-state index contributed by atoms with van der Waals surface area (Å²) in [5.74, 6) is -0.873. The zero-order valence-corrected chi connectivity index (χ0v) is 18.0. The van der Waals surface area contributed by atoms with E-state index >= 15 is 0 Å². The Hall–Kier alpha value is -3.17. The van der Waals surface area contributed by atoms with Crippen molar-refractivity contribution >= 4 is 22.2 Å². The van der Waals surface area contributed by atoms with Crippen molar-refractivity contribution in [3.63, 3.8) is 0 Å². The van der Waals surface area contributed by atoms with Crippen LogP contribution >= 0.6 is 0 Å². The van der Waals surface area contributed by atoms with Crippen LogP contribution in [-0.4, -0.2) is 10.7 Å². The summed E-state index contributed by atoms with van der Waals surface area (Å²) in [5.41, 5.74) is 5.31. The maximum Gasteiger partial charge on any atom is 2.00 e. The summed E-state index contributed by atoms with van der Waals surface area (Å²) in [6, 6.07) is 22.1. The number of rotatable bonds is 2. The van der Waals surface area contributed by atoms with E-state index in [2.05, 4.69) is 42.0 Å². The number of hydrogen-bond acceptors (Lipinski definition) is 4. The summed E-state index contributed by atoms with van der Waals surface area (Å²) < 4.78 is 0. The van der Waals surface area contributed by atoms with Gasteiger partial charge in [-0.25, -0.2) is 0 Å². The fourth-order valence-corrected chi connectivity index (χ4v) is 2.98. The minimum Gasteiger partial charge on any atom is -0.873 e. The first-order valence-electron chi connectivity index (χ1n) is 9.35. The molecule has 0 bridgehead atoms. The van der Waals surface area contributed by atoms with Crippen LogP contribution in [0.25, 0.3) is 10.8 Å². The van der Waals surface area contributed by atoms with Crippen LogP contribution < -0.4 is 10.2 Å². The second-order valence-corrected chi connectivity index (χ2v) is 6.80. The van der Waals surface area contributed by atoms with E-state index in [-0.39, 0.29) is 16.5 Å². The van der Waals surface area contributed by atoms with Crippen molar-refractivity contribution in [3.8, 4) is 11.5 Å². The Morgan fingerprint density at radius 3 is 1.80 bits per heavy atom. The number of fused-ring (bicyclic) bond motifs is 1. The molecule has 154 valence electrons. The summed E-state index contributed by atoms with van der Waals surface area (Å²) >= 11 is 0. The molecule has 0 aliphatic heterocycles. The fourth-order valence-electron chi connectivity index (χ4n) is 2.98. The molecule has 0 saturated heterocycles. The van der Waals surface area contributed by atoms with Gasteiger partial charge in [-0.15, -0.1) is 11.5 Å². The molecule has 0 amide bonds. The molecule has 1 heterocycles. The number of hydrogen-bond donors (Lipinski definition) is 0. The first-order chi connectivity index (χ1) is 14.0. The molecule has 0 saturated carbocycles. The van der Waals surface area contributed by atoms with E-state index in [4.69, 9.17) is 0 Å². The maximum absolute atomic E-state index is 10.9. The zero-order valence-electron chi connectivity index (χ0n) is 17.0. The van der Waals surface area contributed by atoms with E-state index < -0.39 is 11.5 Å². The van der Waals surface area contributed by atoms with Crippen LogP contribution in [0, 0.1) is 13.8 Å². The Morgan fingerprint density at radius 2 is 1.30 bits per heavy atom. The molecule has 0 radical (unpaired) electrons. The normalized spacial score (nSPS) is 10.7. The van der Waals surface area contributed by atoms with Crippen LogP contribution in [0.3, 0.4) is 0 Å². The van der Waals surface area contributed by atoms with Crippen molar-refractivity contribution < 1.29 is 26.7 Å². The number of aromatic nitrogens is 1. The number of para-hydroxylation sites is 1. The predicted molar refractivity (Wildman–Crippen MR) is 115 cm³/mol. The van der Waals surface area contributed by atoms with Gasteiger partial charge in [0.2, 0.25) is 0 Å². The van der Waals surface area contributed by atoms with Crippen LogP contribution in [0.5, 0.6) is 11.5 Å². The van der Waals surface area contributed by atoms with E-state index in [9.17, 15) is 10.2 Å². The molecule has 0 unspecified atom stereocenters. The van der Waals surface area contributed by atoms with Gasteiger partial charge in [0.25, 0.3) is 0 Å². The number of benzene rings is 3. The number of aliphatic imine (C=N–C) groups is 1. The van der Waals surface area contributed by atoms with Gasteiger partial charge in [-0.05, 0) is 54.8 Å². The summed E-state index contributed by atoms with van der Waals surface area (Å²) in [4.78, 5) is 8.99. The second kappa shape index (κ2) is 10.6. The van der Waals surface area contributed by atoms with Gasteiger partial charge in [0.05, 0.1) is 17.1 Å². The minimum atomic E-state index is -0.436. The van der Waals surface area contributed by atoms with Crippen LogP contribution in [-0.2, 0) is 16.5 Å². The Balaban J connectivity index is 0.000000218. The molecule has 0 aliphatic rings. The van der Waals surface area contributed by atoms with E-state index in [0.717, 1.165) is 27.9 Å². The minimum absolute atomic E-state index is 0. The molecule has 30 heavy (non-hydrogen) atoms. The largest absolute Gasteiger partial charge is 2.00 e. The van der Waals surface area contributed by atoms with Crippen LogP contribution in [0.2, 0.25) is 0 Å². The van der Waals surface area contributed by atoms with E-state index in [1.165, 1.54) is 23.3 Å². The van der Waals surface area contributed by atoms with Gasteiger partial charge >= 0.3 is 16.5 Å².